The van der Waals surface area contributed by atoms with Crippen LogP contribution in [0.5, 0.6) is 5.75 Å². The largest absolute Gasteiger partial charge is 0.497 e. The van der Waals surface area contributed by atoms with E-state index in [2.05, 4.69) is 5.32 Å². The Morgan fingerprint density at radius 3 is 2.74 bits per heavy atom. The van der Waals surface area contributed by atoms with Crippen molar-refractivity contribution in [3.8, 4) is 5.75 Å². The second-order valence-corrected chi connectivity index (χ2v) is 9.55. The molecule has 0 aliphatic carbocycles. The van der Waals surface area contributed by atoms with Gasteiger partial charge in [-0.1, -0.05) is 31.2 Å². The van der Waals surface area contributed by atoms with Crippen molar-refractivity contribution in [2.24, 2.45) is 17.8 Å². The topological polar surface area (TPSA) is 98.1 Å². The van der Waals surface area contributed by atoms with Crippen molar-refractivity contribution in [2.75, 3.05) is 7.11 Å². The Balaban J connectivity index is 1.29. The first-order chi connectivity index (χ1) is 16.4. The average molecular weight is 463 g/mol. The summed E-state index contributed by atoms with van der Waals surface area (Å²) in [5, 5.41) is 2.98. The molecule has 176 valence electrons. The van der Waals surface area contributed by atoms with Crippen LogP contribution in [0.2, 0.25) is 0 Å². The molecule has 0 radical (unpaired) electrons. The van der Waals surface area contributed by atoms with Gasteiger partial charge in [0.2, 0.25) is 11.8 Å². The van der Waals surface area contributed by atoms with Crippen molar-refractivity contribution < 1.29 is 28.3 Å². The first kappa shape index (κ1) is 21.2. The Kier molecular flexibility index (Phi) is 4.71. The third-order valence-electron chi connectivity index (χ3n) is 7.88. The molecule has 8 nitrogen and oxygen atoms in total. The average Bonchev–Trinajstić information content (AvgIpc) is 3.62. The highest BCUT2D eigenvalue weighted by atomic mass is 16.5. The highest BCUT2D eigenvalue weighted by Crippen LogP contribution is 2.59. The van der Waals surface area contributed by atoms with E-state index < -0.39 is 41.5 Å². The van der Waals surface area contributed by atoms with Gasteiger partial charge >= 0.3 is 0 Å². The maximum Gasteiger partial charge on any atom is 0.230 e. The fraction of sp³-hybridized carbons (Fsp3) is 0.423. The lowest BCUT2D eigenvalue weighted by Gasteiger charge is -2.43. The van der Waals surface area contributed by atoms with E-state index >= 15 is 0 Å². The zero-order valence-corrected chi connectivity index (χ0v) is 19.0. The van der Waals surface area contributed by atoms with E-state index in [-0.39, 0.29) is 24.0 Å². The van der Waals surface area contributed by atoms with Gasteiger partial charge in [0, 0.05) is 18.9 Å². The second kappa shape index (κ2) is 7.56. The zero-order chi connectivity index (χ0) is 23.6. The molecule has 3 fully saturated rings. The predicted molar refractivity (Wildman–Crippen MR) is 119 cm³/mol. The van der Waals surface area contributed by atoms with Crippen LogP contribution in [0.15, 0.2) is 59.2 Å². The van der Waals surface area contributed by atoms with Gasteiger partial charge in [-0.3, -0.25) is 14.4 Å². The molecule has 1 N–H and O–H groups in total. The molecule has 1 aromatic carbocycles. The van der Waals surface area contributed by atoms with Gasteiger partial charge in [0.25, 0.3) is 0 Å². The highest BCUT2D eigenvalue weighted by Gasteiger charge is 2.74. The van der Waals surface area contributed by atoms with Gasteiger partial charge < -0.3 is 24.1 Å². The molecule has 5 heterocycles. The molecule has 8 heteroatoms. The van der Waals surface area contributed by atoms with Crippen molar-refractivity contribution >= 4 is 17.6 Å². The van der Waals surface area contributed by atoms with E-state index in [0.29, 0.717) is 12.3 Å². The summed E-state index contributed by atoms with van der Waals surface area (Å²) in [7, 11) is 1.60. The number of carbonyl (C=O) groups is 3. The Hall–Kier alpha value is -3.39. The van der Waals surface area contributed by atoms with Crippen LogP contribution in [0, 0.1) is 17.8 Å². The predicted octanol–water partition coefficient (Wildman–Crippen LogP) is 2.41. The van der Waals surface area contributed by atoms with Crippen LogP contribution in [0.4, 0.5) is 0 Å². The number of piperidine rings is 1. The second-order valence-electron chi connectivity index (χ2n) is 9.55. The van der Waals surface area contributed by atoms with Crippen molar-refractivity contribution in [1.29, 1.82) is 0 Å². The van der Waals surface area contributed by atoms with E-state index in [0.717, 1.165) is 11.3 Å². The van der Waals surface area contributed by atoms with Gasteiger partial charge in [0.1, 0.15) is 22.9 Å². The SMILES string of the molecule is COc1ccc(CNC(=O)C2C3C(=O)N4C(c5ccco5)CC(=O)C(C)C4C34C=C[C@@H]2O4)cc1. The number of rotatable bonds is 5. The molecule has 2 amide bonds. The number of Topliss-reactive ketones (excluding diaryl/α,β-unsaturated/α-hetero) is 1. The van der Waals surface area contributed by atoms with Gasteiger partial charge in [-0.25, -0.2) is 0 Å². The molecule has 7 atom stereocenters. The fourth-order valence-corrected chi connectivity index (χ4v) is 6.31. The number of hydrogen-bond acceptors (Lipinski definition) is 6. The number of ether oxygens (including phenoxy) is 2. The lowest BCUT2D eigenvalue weighted by Crippen LogP contribution is -2.55. The third kappa shape index (κ3) is 2.84. The molecule has 1 spiro atoms. The van der Waals surface area contributed by atoms with E-state index in [1.807, 2.05) is 43.3 Å². The van der Waals surface area contributed by atoms with Gasteiger partial charge in [-0.05, 0) is 29.8 Å². The van der Waals surface area contributed by atoms with Crippen LogP contribution < -0.4 is 10.1 Å². The van der Waals surface area contributed by atoms with Crippen molar-refractivity contribution in [1.82, 2.24) is 10.2 Å². The zero-order valence-electron chi connectivity index (χ0n) is 19.0. The fourth-order valence-electron chi connectivity index (χ4n) is 6.31. The summed E-state index contributed by atoms with van der Waals surface area (Å²) in [4.78, 5) is 42.0. The van der Waals surface area contributed by atoms with E-state index in [1.165, 1.54) is 0 Å². The van der Waals surface area contributed by atoms with Crippen LogP contribution >= 0.6 is 0 Å². The highest BCUT2D eigenvalue weighted by molar-refractivity contribution is 5.96. The first-order valence-corrected chi connectivity index (χ1v) is 11.6. The van der Waals surface area contributed by atoms with E-state index in [1.54, 1.807) is 30.4 Å². The number of ketones is 1. The maximum atomic E-state index is 13.9. The Labute approximate surface area is 196 Å². The number of amides is 2. The number of benzene rings is 1. The summed E-state index contributed by atoms with van der Waals surface area (Å²) >= 11 is 0. The smallest absolute Gasteiger partial charge is 0.230 e. The van der Waals surface area contributed by atoms with Crippen LogP contribution in [0.25, 0.3) is 0 Å². The molecular formula is C26H26N2O6. The van der Waals surface area contributed by atoms with Crippen LogP contribution in [-0.4, -0.2) is 47.4 Å². The summed E-state index contributed by atoms with van der Waals surface area (Å²) in [5.41, 5.74) is -0.0553. The van der Waals surface area contributed by atoms with Crippen LogP contribution in [0.1, 0.15) is 30.7 Å². The van der Waals surface area contributed by atoms with E-state index in [9.17, 15) is 14.4 Å². The lowest BCUT2D eigenvalue weighted by atomic mass is 9.70. The molecule has 2 aromatic rings. The minimum absolute atomic E-state index is 0.0679. The molecule has 34 heavy (non-hydrogen) atoms. The summed E-state index contributed by atoms with van der Waals surface area (Å²) in [6.07, 6.45) is 5.04. The number of hydrogen-bond donors (Lipinski definition) is 1. The van der Waals surface area contributed by atoms with Crippen molar-refractivity contribution in [2.45, 2.75) is 43.7 Å². The van der Waals surface area contributed by atoms with Crippen molar-refractivity contribution in [3.05, 3.63) is 66.1 Å². The number of nitrogens with zero attached hydrogens (tertiary/aromatic N) is 1. The Morgan fingerprint density at radius 2 is 2.03 bits per heavy atom. The quantitative estimate of drug-likeness (QED) is 0.686. The summed E-state index contributed by atoms with van der Waals surface area (Å²) in [6, 6.07) is 10.0. The minimum atomic E-state index is -0.982. The summed E-state index contributed by atoms with van der Waals surface area (Å²) < 4.78 is 17.2. The molecule has 3 saturated heterocycles. The summed E-state index contributed by atoms with van der Waals surface area (Å²) in [6.45, 7) is 2.19. The number of nitrogens with one attached hydrogen (secondary N) is 1. The molecule has 6 rings (SSSR count). The normalized spacial score (nSPS) is 35.4. The number of methoxy groups -OCH3 is 1. The first-order valence-electron chi connectivity index (χ1n) is 11.6. The van der Waals surface area contributed by atoms with Gasteiger partial charge in [0.05, 0.1) is 43.4 Å². The number of fused-ring (bicyclic) bond motifs is 2. The Bertz CT molecular complexity index is 1170. The summed E-state index contributed by atoms with van der Waals surface area (Å²) in [5.74, 6) is -0.709. The van der Waals surface area contributed by atoms with Gasteiger partial charge in [0.15, 0.2) is 0 Å². The molecule has 2 bridgehead atoms. The number of furan rings is 1. The lowest BCUT2D eigenvalue weighted by molar-refractivity contribution is -0.148. The van der Waals surface area contributed by atoms with Gasteiger partial charge in [-0.2, -0.15) is 0 Å². The van der Waals surface area contributed by atoms with Gasteiger partial charge in [-0.15, -0.1) is 0 Å². The third-order valence-corrected chi connectivity index (χ3v) is 7.88. The monoisotopic (exact) mass is 462 g/mol. The molecule has 1 aromatic heterocycles. The standard InChI is InChI=1S/C26H26N2O6/c1-14-18(29)12-17(19-4-3-11-33-19)28-23(14)26-10-9-20(34-26)21(22(26)25(28)31)24(30)27-13-15-5-7-16(32-2)8-6-15/h3-11,14,17,20-23H,12-13H2,1-2H3,(H,27,30)/t14?,17?,20-,21?,22?,23?,26?/m0/s1. The van der Waals surface area contributed by atoms with Crippen LogP contribution in [0.3, 0.4) is 0 Å². The molecular weight excluding hydrogens is 436 g/mol. The molecule has 4 aliphatic rings. The molecule has 0 saturated carbocycles. The van der Waals surface area contributed by atoms with Crippen molar-refractivity contribution in [3.63, 3.8) is 0 Å². The maximum absolute atomic E-state index is 13.9. The molecule has 4 aliphatic heterocycles. The molecule has 6 unspecified atom stereocenters. The van der Waals surface area contributed by atoms with E-state index in [4.69, 9.17) is 13.9 Å². The van der Waals surface area contributed by atoms with Crippen LogP contribution in [-0.2, 0) is 25.7 Å². The Morgan fingerprint density at radius 1 is 1.24 bits per heavy atom. The minimum Gasteiger partial charge on any atom is -0.497 e. The number of carbonyl (C=O) groups excluding carboxylic acids is 3.